The normalized spacial score (nSPS) is 51.1. The van der Waals surface area contributed by atoms with E-state index in [1.807, 2.05) is 0 Å². The molecule has 0 amide bonds. The summed E-state index contributed by atoms with van der Waals surface area (Å²) < 4.78 is 16.1. The molecule has 0 saturated carbocycles. The maximum absolute atomic E-state index is 10.1. The van der Waals surface area contributed by atoms with Gasteiger partial charge in [-0.05, 0) is 0 Å². The fourth-order valence-electron chi connectivity index (χ4n) is 2.56. The average molecular weight is 398 g/mol. The van der Waals surface area contributed by atoms with Gasteiger partial charge in [0.25, 0.3) is 0 Å². The van der Waals surface area contributed by atoms with E-state index in [-0.39, 0.29) is 5.88 Å². The Bertz CT molecular complexity index is 403. The number of rotatable bonds is 5. The van der Waals surface area contributed by atoms with Crippen molar-refractivity contribution in [2.24, 2.45) is 0 Å². The van der Waals surface area contributed by atoms with Gasteiger partial charge in [0, 0.05) is 0 Å². The molecule has 0 bridgehead atoms. The van der Waals surface area contributed by atoms with Crippen molar-refractivity contribution in [2.45, 2.75) is 54.1 Å². The molecule has 11 heteroatoms. The summed E-state index contributed by atoms with van der Waals surface area (Å²) in [5.74, 6) is -2.43. The van der Waals surface area contributed by atoms with Gasteiger partial charge in [-0.2, -0.15) is 0 Å². The standard InChI is InChI=1S/C12H19Cl3O8/c13-1-4-7(17)10(20)12(3-14,22-4)23-11-9(19)8(18)6(15)5(2-16)21-11/h4-11,16-20H,1-3H2/t4-,5?,6+,7+,8?,9+,10?,11-,12+/m1/s1. The Hall–Kier alpha value is 0.550. The third kappa shape index (κ3) is 3.58. The third-order valence-corrected chi connectivity index (χ3v) is 5.17. The predicted molar refractivity (Wildman–Crippen MR) is 79.5 cm³/mol. The van der Waals surface area contributed by atoms with Crippen molar-refractivity contribution in [2.75, 3.05) is 18.4 Å². The maximum atomic E-state index is 10.1. The molecule has 9 atom stereocenters. The fraction of sp³-hybridized carbons (Fsp3) is 1.00. The minimum absolute atomic E-state index is 0.125. The number of aliphatic hydroxyl groups is 5. The van der Waals surface area contributed by atoms with E-state index < -0.39 is 66.6 Å². The largest absolute Gasteiger partial charge is 0.394 e. The zero-order chi connectivity index (χ0) is 17.4. The zero-order valence-electron chi connectivity index (χ0n) is 11.8. The molecule has 136 valence electrons. The Morgan fingerprint density at radius 3 is 2.13 bits per heavy atom. The molecule has 0 aromatic heterocycles. The molecule has 0 aliphatic carbocycles. The molecule has 2 rings (SSSR count). The lowest BCUT2D eigenvalue weighted by Gasteiger charge is -2.43. The molecule has 5 N–H and O–H groups in total. The summed E-state index contributed by atoms with van der Waals surface area (Å²) in [7, 11) is 0. The Kier molecular flexibility index (Phi) is 6.77. The summed E-state index contributed by atoms with van der Waals surface area (Å²) in [6.07, 6.45) is -9.39. The summed E-state index contributed by atoms with van der Waals surface area (Å²) in [4.78, 5) is 0. The van der Waals surface area contributed by atoms with Crippen LogP contribution in [0.25, 0.3) is 0 Å². The molecular formula is C12H19Cl3O8. The molecule has 2 aliphatic heterocycles. The molecule has 2 saturated heterocycles. The number of hydrogen-bond acceptors (Lipinski definition) is 8. The van der Waals surface area contributed by atoms with Crippen molar-refractivity contribution in [1.82, 2.24) is 0 Å². The van der Waals surface area contributed by atoms with Crippen LogP contribution in [0.1, 0.15) is 0 Å². The van der Waals surface area contributed by atoms with Gasteiger partial charge in [0.05, 0.1) is 23.7 Å². The Labute approximate surface area is 147 Å². The van der Waals surface area contributed by atoms with Crippen LogP contribution in [0.15, 0.2) is 0 Å². The lowest BCUT2D eigenvalue weighted by Crippen LogP contribution is -2.61. The fourth-order valence-corrected chi connectivity index (χ4v) is 3.37. The molecule has 23 heavy (non-hydrogen) atoms. The molecule has 8 nitrogen and oxygen atoms in total. The van der Waals surface area contributed by atoms with Crippen LogP contribution >= 0.6 is 34.8 Å². The van der Waals surface area contributed by atoms with Gasteiger partial charge in [0.15, 0.2) is 6.29 Å². The highest BCUT2D eigenvalue weighted by atomic mass is 35.5. The minimum atomic E-state index is -1.90. The van der Waals surface area contributed by atoms with Gasteiger partial charge in [0.1, 0.15) is 36.6 Å². The van der Waals surface area contributed by atoms with Gasteiger partial charge < -0.3 is 39.7 Å². The topological polar surface area (TPSA) is 129 Å². The van der Waals surface area contributed by atoms with Crippen molar-refractivity contribution in [1.29, 1.82) is 0 Å². The van der Waals surface area contributed by atoms with Crippen LogP contribution in [-0.4, -0.2) is 98.0 Å². The lowest BCUT2D eigenvalue weighted by atomic mass is 10.0. The van der Waals surface area contributed by atoms with Crippen LogP contribution in [0.3, 0.4) is 0 Å². The van der Waals surface area contributed by atoms with Crippen LogP contribution in [0.4, 0.5) is 0 Å². The first-order chi connectivity index (χ1) is 10.8. The molecule has 0 radical (unpaired) electrons. The molecule has 0 spiro atoms. The quantitative estimate of drug-likeness (QED) is 0.349. The van der Waals surface area contributed by atoms with Crippen LogP contribution in [0.2, 0.25) is 0 Å². The highest BCUT2D eigenvalue weighted by molar-refractivity contribution is 6.21. The monoisotopic (exact) mass is 396 g/mol. The van der Waals surface area contributed by atoms with Gasteiger partial charge in [-0.3, -0.25) is 0 Å². The van der Waals surface area contributed by atoms with Crippen molar-refractivity contribution in [3.63, 3.8) is 0 Å². The van der Waals surface area contributed by atoms with Gasteiger partial charge in [0.2, 0.25) is 5.79 Å². The van der Waals surface area contributed by atoms with Crippen molar-refractivity contribution in [3.05, 3.63) is 0 Å². The summed E-state index contributed by atoms with van der Waals surface area (Å²) in [5, 5.41) is 48.1. The SMILES string of the molecule is OCC1O[C@H](O[C@]2(CCl)O[C@H](CCl)[C@H](O)C2O)[C@@H](O)C(O)[C@H]1Cl. The van der Waals surface area contributed by atoms with Crippen LogP contribution in [0.5, 0.6) is 0 Å². The summed E-state index contributed by atoms with van der Waals surface area (Å²) in [6, 6.07) is 0. The summed E-state index contributed by atoms with van der Waals surface area (Å²) in [6.45, 7) is -0.526. The number of hydrogen-bond donors (Lipinski definition) is 5. The van der Waals surface area contributed by atoms with Crippen molar-refractivity contribution < 1.29 is 39.7 Å². The summed E-state index contributed by atoms with van der Waals surface area (Å²) in [5.41, 5.74) is 0. The van der Waals surface area contributed by atoms with Crippen LogP contribution in [0, 0.1) is 0 Å². The molecule has 2 heterocycles. The summed E-state index contributed by atoms with van der Waals surface area (Å²) >= 11 is 17.3. The number of ether oxygens (including phenoxy) is 3. The Balaban J connectivity index is 2.18. The third-order valence-electron chi connectivity index (χ3n) is 3.96. The molecule has 2 aliphatic rings. The second-order valence-electron chi connectivity index (χ2n) is 5.46. The van der Waals surface area contributed by atoms with Gasteiger partial charge in [-0.1, -0.05) is 0 Å². The number of aliphatic hydroxyl groups excluding tert-OH is 5. The van der Waals surface area contributed by atoms with Gasteiger partial charge >= 0.3 is 0 Å². The molecule has 0 aromatic carbocycles. The molecule has 3 unspecified atom stereocenters. The molecule has 2 fully saturated rings. The van der Waals surface area contributed by atoms with E-state index in [0.29, 0.717) is 0 Å². The first-order valence-corrected chi connectivity index (χ1v) is 8.42. The van der Waals surface area contributed by atoms with Gasteiger partial charge in [-0.15, -0.1) is 34.8 Å². The Morgan fingerprint density at radius 1 is 1.00 bits per heavy atom. The van der Waals surface area contributed by atoms with E-state index in [1.54, 1.807) is 0 Å². The van der Waals surface area contributed by atoms with E-state index in [0.717, 1.165) is 0 Å². The van der Waals surface area contributed by atoms with E-state index >= 15 is 0 Å². The Morgan fingerprint density at radius 2 is 1.65 bits per heavy atom. The minimum Gasteiger partial charge on any atom is -0.394 e. The number of alkyl halides is 3. The van der Waals surface area contributed by atoms with E-state index in [9.17, 15) is 25.5 Å². The maximum Gasteiger partial charge on any atom is 0.214 e. The van der Waals surface area contributed by atoms with E-state index in [4.69, 9.17) is 49.0 Å². The lowest BCUT2D eigenvalue weighted by molar-refractivity contribution is -0.357. The van der Waals surface area contributed by atoms with Crippen molar-refractivity contribution in [3.8, 4) is 0 Å². The molecule has 0 aromatic rings. The van der Waals surface area contributed by atoms with Crippen LogP contribution < -0.4 is 0 Å². The average Bonchev–Trinajstić information content (AvgIpc) is 2.80. The van der Waals surface area contributed by atoms with E-state index in [2.05, 4.69) is 0 Å². The highest BCUT2D eigenvalue weighted by Gasteiger charge is 2.58. The highest BCUT2D eigenvalue weighted by Crippen LogP contribution is 2.37. The zero-order valence-corrected chi connectivity index (χ0v) is 14.1. The van der Waals surface area contributed by atoms with Crippen LogP contribution in [-0.2, 0) is 14.2 Å². The smallest absolute Gasteiger partial charge is 0.214 e. The van der Waals surface area contributed by atoms with E-state index in [1.165, 1.54) is 0 Å². The van der Waals surface area contributed by atoms with Crippen molar-refractivity contribution >= 4 is 34.8 Å². The second-order valence-corrected chi connectivity index (χ2v) is 6.54. The first kappa shape index (κ1) is 19.9. The second kappa shape index (κ2) is 7.84. The number of halogens is 3. The predicted octanol–water partition coefficient (Wildman–Crippen LogP) is -1.66. The molecular weight excluding hydrogens is 378 g/mol. The van der Waals surface area contributed by atoms with Gasteiger partial charge in [-0.25, -0.2) is 0 Å². The first-order valence-electron chi connectivity index (χ1n) is 6.91.